The average molecular weight is 342 g/mol. The smallest absolute Gasteiger partial charge is 0.253 e. The Labute approximate surface area is 148 Å². The lowest BCUT2D eigenvalue weighted by Gasteiger charge is -2.33. The monoisotopic (exact) mass is 342 g/mol. The van der Waals surface area contributed by atoms with Crippen molar-refractivity contribution < 1.29 is 9.32 Å². The minimum atomic E-state index is 0.0152. The van der Waals surface area contributed by atoms with E-state index in [2.05, 4.69) is 15.5 Å². The molecular weight excluding hydrogens is 316 g/mol. The number of rotatable bonds is 5. The summed E-state index contributed by atoms with van der Waals surface area (Å²) in [7, 11) is 0. The van der Waals surface area contributed by atoms with Gasteiger partial charge in [0.25, 0.3) is 5.91 Å². The maximum Gasteiger partial charge on any atom is 0.253 e. The number of benzene rings is 1. The van der Waals surface area contributed by atoms with Crippen LogP contribution in [0.4, 0.5) is 0 Å². The fraction of sp³-hybridized carbons (Fsp3) is 0.526. The summed E-state index contributed by atoms with van der Waals surface area (Å²) in [4.78, 5) is 18.9. The second kappa shape index (κ2) is 7.78. The minimum absolute atomic E-state index is 0.0152. The zero-order valence-corrected chi connectivity index (χ0v) is 15.1. The number of hydrogen-bond acceptors (Lipinski definition) is 5. The molecule has 1 aliphatic rings. The van der Waals surface area contributed by atoms with Crippen molar-refractivity contribution in [2.75, 3.05) is 13.1 Å². The number of nitrogens with one attached hydrogen (secondary N) is 1. The SMILES string of the molecule is CC(C)c1noc(C(C)NC2CCN(C(=O)c3ccccc3)CC2)n1. The number of aromatic nitrogens is 2. The third-order valence-electron chi connectivity index (χ3n) is 4.63. The van der Waals surface area contributed by atoms with Crippen LogP contribution in [0.5, 0.6) is 0 Å². The molecule has 3 rings (SSSR count). The first kappa shape index (κ1) is 17.6. The highest BCUT2D eigenvalue weighted by Crippen LogP contribution is 2.19. The Hall–Kier alpha value is -2.21. The molecule has 0 bridgehead atoms. The molecule has 1 aliphatic heterocycles. The van der Waals surface area contributed by atoms with Gasteiger partial charge in [0.1, 0.15) is 0 Å². The molecule has 1 unspecified atom stereocenters. The van der Waals surface area contributed by atoms with Gasteiger partial charge in [0.15, 0.2) is 5.82 Å². The normalized spacial score (nSPS) is 17.0. The molecule has 1 aromatic heterocycles. The van der Waals surface area contributed by atoms with Crippen LogP contribution >= 0.6 is 0 Å². The third kappa shape index (κ3) is 4.25. The molecule has 6 nitrogen and oxygen atoms in total. The van der Waals surface area contributed by atoms with Crippen LogP contribution in [-0.4, -0.2) is 40.1 Å². The van der Waals surface area contributed by atoms with Crippen LogP contribution in [0.3, 0.4) is 0 Å². The lowest BCUT2D eigenvalue weighted by atomic mass is 10.0. The van der Waals surface area contributed by atoms with Gasteiger partial charge in [0.2, 0.25) is 5.89 Å². The van der Waals surface area contributed by atoms with Gasteiger partial charge in [-0.05, 0) is 31.9 Å². The van der Waals surface area contributed by atoms with E-state index in [1.54, 1.807) is 0 Å². The summed E-state index contributed by atoms with van der Waals surface area (Å²) in [6.07, 6.45) is 1.85. The molecule has 134 valence electrons. The van der Waals surface area contributed by atoms with Crippen LogP contribution in [0.2, 0.25) is 0 Å². The number of likely N-dealkylation sites (tertiary alicyclic amines) is 1. The summed E-state index contributed by atoms with van der Waals surface area (Å²) >= 11 is 0. The van der Waals surface area contributed by atoms with Gasteiger partial charge in [0, 0.05) is 30.6 Å². The maximum absolute atomic E-state index is 12.5. The van der Waals surface area contributed by atoms with E-state index in [9.17, 15) is 4.79 Å². The van der Waals surface area contributed by atoms with Gasteiger partial charge >= 0.3 is 0 Å². The van der Waals surface area contributed by atoms with Crippen LogP contribution in [0.1, 0.15) is 67.6 Å². The lowest BCUT2D eigenvalue weighted by Crippen LogP contribution is -2.45. The molecule has 0 aliphatic carbocycles. The van der Waals surface area contributed by atoms with Gasteiger partial charge in [-0.25, -0.2) is 0 Å². The Kier molecular flexibility index (Phi) is 5.48. The summed E-state index contributed by atoms with van der Waals surface area (Å²) in [5, 5.41) is 7.57. The van der Waals surface area contributed by atoms with Gasteiger partial charge in [-0.1, -0.05) is 37.2 Å². The van der Waals surface area contributed by atoms with E-state index in [-0.39, 0.29) is 17.9 Å². The Balaban J connectivity index is 1.51. The summed E-state index contributed by atoms with van der Waals surface area (Å²) < 4.78 is 5.36. The van der Waals surface area contributed by atoms with Crippen molar-refractivity contribution in [2.24, 2.45) is 0 Å². The van der Waals surface area contributed by atoms with Gasteiger partial charge in [0.05, 0.1) is 6.04 Å². The van der Waals surface area contributed by atoms with Gasteiger partial charge in [-0.15, -0.1) is 0 Å². The molecule has 1 fully saturated rings. The fourth-order valence-electron chi connectivity index (χ4n) is 3.10. The first-order valence-corrected chi connectivity index (χ1v) is 8.98. The number of piperidine rings is 1. The van der Waals surface area contributed by atoms with Crippen LogP contribution < -0.4 is 5.32 Å². The summed E-state index contributed by atoms with van der Waals surface area (Å²) in [6.45, 7) is 7.66. The quantitative estimate of drug-likeness (QED) is 0.904. The zero-order valence-electron chi connectivity index (χ0n) is 15.1. The molecule has 1 atom stereocenters. The standard InChI is InChI=1S/C19H26N4O2/c1-13(2)17-21-18(25-22-17)14(3)20-16-9-11-23(12-10-16)19(24)15-7-5-4-6-8-15/h4-8,13-14,16,20H,9-12H2,1-3H3. The Morgan fingerprint density at radius 3 is 2.48 bits per heavy atom. The number of amides is 1. The molecule has 2 heterocycles. The number of hydrogen-bond donors (Lipinski definition) is 1. The predicted molar refractivity (Wildman–Crippen MR) is 95.3 cm³/mol. The Morgan fingerprint density at radius 1 is 1.20 bits per heavy atom. The Morgan fingerprint density at radius 2 is 1.88 bits per heavy atom. The van der Waals surface area contributed by atoms with E-state index >= 15 is 0 Å². The molecule has 0 radical (unpaired) electrons. The minimum Gasteiger partial charge on any atom is -0.339 e. The van der Waals surface area contributed by atoms with Crippen LogP contribution in [0.15, 0.2) is 34.9 Å². The maximum atomic E-state index is 12.5. The highest BCUT2D eigenvalue weighted by atomic mass is 16.5. The molecule has 1 N–H and O–H groups in total. The molecule has 2 aromatic rings. The molecule has 1 amide bonds. The van der Waals surface area contributed by atoms with Crippen molar-refractivity contribution in [1.29, 1.82) is 0 Å². The molecule has 0 saturated carbocycles. The second-order valence-corrected chi connectivity index (χ2v) is 6.97. The van der Waals surface area contributed by atoms with Gasteiger partial charge < -0.3 is 14.7 Å². The third-order valence-corrected chi connectivity index (χ3v) is 4.63. The highest BCUT2D eigenvalue weighted by molar-refractivity contribution is 5.94. The van der Waals surface area contributed by atoms with Crippen molar-refractivity contribution in [3.63, 3.8) is 0 Å². The van der Waals surface area contributed by atoms with Crippen molar-refractivity contribution in [3.8, 4) is 0 Å². The Bertz CT molecular complexity index is 690. The van der Waals surface area contributed by atoms with Crippen molar-refractivity contribution in [1.82, 2.24) is 20.4 Å². The fourth-order valence-corrected chi connectivity index (χ4v) is 3.10. The summed E-state index contributed by atoms with van der Waals surface area (Å²) in [5.41, 5.74) is 0.759. The molecule has 25 heavy (non-hydrogen) atoms. The van der Waals surface area contributed by atoms with Crippen molar-refractivity contribution >= 4 is 5.91 Å². The highest BCUT2D eigenvalue weighted by Gasteiger charge is 2.26. The second-order valence-electron chi connectivity index (χ2n) is 6.97. The molecule has 1 aromatic carbocycles. The van der Waals surface area contributed by atoms with Gasteiger partial charge in [-0.3, -0.25) is 4.79 Å². The summed E-state index contributed by atoms with van der Waals surface area (Å²) in [5.74, 6) is 1.75. The van der Waals surface area contributed by atoms with Crippen LogP contribution in [0.25, 0.3) is 0 Å². The van der Waals surface area contributed by atoms with Crippen LogP contribution in [0, 0.1) is 0 Å². The predicted octanol–water partition coefficient (Wildman–Crippen LogP) is 3.15. The van der Waals surface area contributed by atoms with Gasteiger partial charge in [-0.2, -0.15) is 4.98 Å². The zero-order chi connectivity index (χ0) is 17.8. The largest absolute Gasteiger partial charge is 0.339 e. The van der Waals surface area contributed by atoms with E-state index in [4.69, 9.17) is 4.52 Å². The van der Waals surface area contributed by atoms with E-state index in [1.807, 2.05) is 56.0 Å². The topological polar surface area (TPSA) is 71.3 Å². The van der Waals surface area contributed by atoms with Crippen molar-refractivity contribution in [2.45, 2.75) is 51.6 Å². The molecule has 1 saturated heterocycles. The first-order chi connectivity index (χ1) is 12.0. The number of carbonyl (C=O) groups excluding carboxylic acids is 1. The molecule has 6 heteroatoms. The molecule has 0 spiro atoms. The average Bonchev–Trinajstić information content (AvgIpc) is 3.13. The summed E-state index contributed by atoms with van der Waals surface area (Å²) in [6, 6.07) is 9.84. The van der Waals surface area contributed by atoms with Crippen LogP contribution in [-0.2, 0) is 0 Å². The van der Waals surface area contributed by atoms with E-state index in [1.165, 1.54) is 0 Å². The first-order valence-electron chi connectivity index (χ1n) is 8.98. The number of nitrogens with zero attached hydrogens (tertiary/aromatic N) is 3. The van der Waals surface area contributed by atoms with Crippen molar-refractivity contribution in [3.05, 3.63) is 47.6 Å². The van der Waals surface area contributed by atoms with E-state index in [0.717, 1.165) is 37.3 Å². The lowest BCUT2D eigenvalue weighted by molar-refractivity contribution is 0.0700. The molecular formula is C19H26N4O2. The van der Waals surface area contributed by atoms with E-state index < -0.39 is 0 Å². The van der Waals surface area contributed by atoms with E-state index in [0.29, 0.717) is 11.9 Å². The number of carbonyl (C=O) groups is 1.